The van der Waals surface area contributed by atoms with Gasteiger partial charge in [-0.05, 0) is 29.8 Å². The third kappa shape index (κ3) is 4.03. The van der Waals surface area contributed by atoms with Crippen molar-refractivity contribution in [3.05, 3.63) is 0 Å². The van der Waals surface area contributed by atoms with E-state index in [1.807, 2.05) is 11.8 Å². The minimum atomic E-state index is 0.541. The van der Waals surface area contributed by atoms with Gasteiger partial charge in [-0.1, -0.05) is 19.3 Å². The number of thioether (sulfide) groups is 1. The Morgan fingerprint density at radius 3 is 2.57 bits per heavy atom. The molecule has 1 fully saturated rings. The molecule has 0 saturated heterocycles. The SMILES string of the molecule is COCCSCC1(CS)CCCCC1. The van der Waals surface area contributed by atoms with Gasteiger partial charge in [0.05, 0.1) is 6.61 Å². The summed E-state index contributed by atoms with van der Waals surface area (Å²) in [5.74, 6) is 3.47. The lowest BCUT2D eigenvalue weighted by Gasteiger charge is -2.35. The lowest BCUT2D eigenvalue weighted by Crippen LogP contribution is -2.29. The Morgan fingerprint density at radius 1 is 1.29 bits per heavy atom. The van der Waals surface area contributed by atoms with Crippen molar-refractivity contribution >= 4 is 24.4 Å². The molecule has 1 saturated carbocycles. The maximum Gasteiger partial charge on any atom is 0.0552 e. The summed E-state index contributed by atoms with van der Waals surface area (Å²) in [6, 6.07) is 0. The van der Waals surface area contributed by atoms with Gasteiger partial charge < -0.3 is 4.74 Å². The molecule has 0 bridgehead atoms. The van der Waals surface area contributed by atoms with Crippen molar-refractivity contribution in [2.75, 3.05) is 31.0 Å². The monoisotopic (exact) mass is 234 g/mol. The summed E-state index contributed by atoms with van der Waals surface area (Å²) in [4.78, 5) is 0. The van der Waals surface area contributed by atoms with Crippen molar-refractivity contribution in [2.24, 2.45) is 5.41 Å². The van der Waals surface area contributed by atoms with Gasteiger partial charge in [0.2, 0.25) is 0 Å². The molecule has 0 aromatic rings. The highest BCUT2D eigenvalue weighted by molar-refractivity contribution is 7.99. The number of hydrogen-bond acceptors (Lipinski definition) is 3. The minimum absolute atomic E-state index is 0.541. The molecule has 1 aliphatic rings. The Morgan fingerprint density at radius 2 is 2.00 bits per heavy atom. The fourth-order valence-electron chi connectivity index (χ4n) is 2.08. The first-order valence-electron chi connectivity index (χ1n) is 5.50. The lowest BCUT2D eigenvalue weighted by molar-refractivity contribution is 0.218. The van der Waals surface area contributed by atoms with Gasteiger partial charge in [0, 0.05) is 12.9 Å². The Labute approximate surface area is 97.8 Å². The third-order valence-electron chi connectivity index (χ3n) is 3.09. The zero-order valence-corrected chi connectivity index (χ0v) is 10.8. The molecule has 0 N–H and O–H groups in total. The summed E-state index contributed by atoms with van der Waals surface area (Å²) in [5.41, 5.74) is 0.541. The molecule has 0 aliphatic heterocycles. The quantitative estimate of drug-likeness (QED) is 0.558. The molecule has 1 nitrogen and oxygen atoms in total. The van der Waals surface area contributed by atoms with Crippen molar-refractivity contribution in [1.29, 1.82) is 0 Å². The van der Waals surface area contributed by atoms with E-state index >= 15 is 0 Å². The van der Waals surface area contributed by atoms with Crippen LogP contribution in [0.4, 0.5) is 0 Å². The zero-order chi connectivity index (χ0) is 10.3. The smallest absolute Gasteiger partial charge is 0.0552 e. The van der Waals surface area contributed by atoms with E-state index in [2.05, 4.69) is 12.6 Å². The second kappa shape index (κ2) is 7.02. The average Bonchev–Trinajstić information content (AvgIpc) is 2.26. The molecule has 0 aromatic carbocycles. The zero-order valence-electron chi connectivity index (χ0n) is 9.13. The number of rotatable bonds is 6. The van der Waals surface area contributed by atoms with Crippen LogP contribution in [0.25, 0.3) is 0 Å². The molecule has 14 heavy (non-hydrogen) atoms. The van der Waals surface area contributed by atoms with Crippen molar-refractivity contribution in [3.63, 3.8) is 0 Å². The molecule has 1 rings (SSSR count). The molecule has 3 heteroatoms. The molecule has 0 spiro atoms. The van der Waals surface area contributed by atoms with Crippen LogP contribution in [0.15, 0.2) is 0 Å². The van der Waals surface area contributed by atoms with Gasteiger partial charge in [-0.15, -0.1) is 0 Å². The first-order valence-corrected chi connectivity index (χ1v) is 7.29. The summed E-state index contributed by atoms with van der Waals surface area (Å²) in [6.07, 6.45) is 7.02. The van der Waals surface area contributed by atoms with Gasteiger partial charge in [-0.2, -0.15) is 24.4 Å². The predicted molar refractivity (Wildman–Crippen MR) is 68.6 cm³/mol. The fraction of sp³-hybridized carbons (Fsp3) is 1.00. The van der Waals surface area contributed by atoms with E-state index in [9.17, 15) is 0 Å². The molecule has 0 heterocycles. The Kier molecular flexibility index (Phi) is 6.38. The second-order valence-corrected chi connectivity index (χ2v) is 5.69. The highest BCUT2D eigenvalue weighted by atomic mass is 32.2. The maximum absolute atomic E-state index is 5.06. The Balaban J connectivity index is 2.22. The largest absolute Gasteiger partial charge is 0.384 e. The highest BCUT2D eigenvalue weighted by Crippen LogP contribution is 2.39. The maximum atomic E-state index is 5.06. The van der Waals surface area contributed by atoms with Crippen LogP contribution < -0.4 is 0 Å². The standard InChI is InChI=1S/C11H22OS2/c1-12-7-8-14-10-11(9-13)5-3-2-4-6-11/h13H,2-10H2,1H3. The second-order valence-electron chi connectivity index (χ2n) is 4.26. The Bertz CT molecular complexity index is 144. The molecule has 0 amide bonds. The van der Waals surface area contributed by atoms with Gasteiger partial charge in [-0.25, -0.2) is 0 Å². The van der Waals surface area contributed by atoms with Gasteiger partial charge >= 0.3 is 0 Å². The first kappa shape index (κ1) is 12.7. The van der Waals surface area contributed by atoms with Crippen LogP contribution in [-0.4, -0.2) is 31.0 Å². The van der Waals surface area contributed by atoms with Crippen LogP contribution in [0.5, 0.6) is 0 Å². The first-order chi connectivity index (χ1) is 6.83. The van der Waals surface area contributed by atoms with Crippen LogP contribution in [0.2, 0.25) is 0 Å². The normalized spacial score (nSPS) is 21.0. The molecular formula is C11H22OS2. The number of ether oxygens (including phenoxy) is 1. The summed E-state index contributed by atoms with van der Waals surface area (Å²) in [7, 11) is 1.77. The van der Waals surface area contributed by atoms with Crippen molar-refractivity contribution in [2.45, 2.75) is 32.1 Å². The third-order valence-corrected chi connectivity index (χ3v) is 5.03. The molecule has 0 radical (unpaired) electrons. The predicted octanol–water partition coefficient (Wildman–Crippen LogP) is 3.25. The number of hydrogen-bond donors (Lipinski definition) is 1. The summed E-state index contributed by atoms with van der Waals surface area (Å²) < 4.78 is 5.06. The number of methoxy groups -OCH3 is 1. The van der Waals surface area contributed by atoms with Gasteiger partial charge in [-0.3, -0.25) is 0 Å². The summed E-state index contributed by atoms with van der Waals surface area (Å²) in [6.45, 7) is 0.882. The van der Waals surface area contributed by atoms with E-state index in [1.54, 1.807) is 7.11 Å². The van der Waals surface area contributed by atoms with E-state index in [-0.39, 0.29) is 0 Å². The van der Waals surface area contributed by atoms with Crippen LogP contribution in [0.1, 0.15) is 32.1 Å². The molecule has 0 aromatic heterocycles. The van der Waals surface area contributed by atoms with E-state index in [0.29, 0.717) is 5.41 Å². The topological polar surface area (TPSA) is 9.23 Å². The average molecular weight is 234 g/mol. The molecule has 0 atom stereocenters. The van der Waals surface area contributed by atoms with Crippen LogP contribution in [0.3, 0.4) is 0 Å². The van der Waals surface area contributed by atoms with Gasteiger partial charge in [0.1, 0.15) is 0 Å². The lowest BCUT2D eigenvalue weighted by atomic mass is 9.77. The molecule has 1 aliphatic carbocycles. The van der Waals surface area contributed by atoms with Crippen molar-refractivity contribution in [1.82, 2.24) is 0 Å². The molecule has 84 valence electrons. The van der Waals surface area contributed by atoms with E-state index in [4.69, 9.17) is 4.74 Å². The Hall–Kier alpha value is 0.660. The van der Waals surface area contributed by atoms with Crippen LogP contribution in [0, 0.1) is 5.41 Å². The highest BCUT2D eigenvalue weighted by Gasteiger charge is 2.30. The van der Waals surface area contributed by atoms with E-state index in [1.165, 1.54) is 37.9 Å². The summed E-state index contributed by atoms with van der Waals surface area (Å²) >= 11 is 6.56. The molecular weight excluding hydrogens is 212 g/mol. The van der Waals surface area contributed by atoms with Gasteiger partial charge in [0.25, 0.3) is 0 Å². The van der Waals surface area contributed by atoms with Crippen molar-refractivity contribution in [3.8, 4) is 0 Å². The van der Waals surface area contributed by atoms with Crippen LogP contribution >= 0.6 is 24.4 Å². The summed E-state index contributed by atoms with van der Waals surface area (Å²) in [5, 5.41) is 0. The van der Waals surface area contributed by atoms with Crippen LogP contribution in [-0.2, 0) is 4.74 Å². The van der Waals surface area contributed by atoms with Crippen molar-refractivity contribution < 1.29 is 4.74 Å². The van der Waals surface area contributed by atoms with E-state index < -0.39 is 0 Å². The van der Waals surface area contributed by atoms with Gasteiger partial charge in [0.15, 0.2) is 0 Å². The fourth-order valence-corrected chi connectivity index (χ4v) is 3.91. The van der Waals surface area contributed by atoms with E-state index in [0.717, 1.165) is 18.1 Å². The minimum Gasteiger partial charge on any atom is -0.384 e. The molecule has 0 unspecified atom stereocenters. The number of thiol groups is 1.